The SMILES string of the molecule is CCc1cc(NC(C)CCCC(=O)O)nc(C)n1. The zero-order valence-corrected chi connectivity index (χ0v) is 11.2. The molecule has 5 nitrogen and oxygen atoms in total. The fourth-order valence-corrected chi connectivity index (χ4v) is 1.77. The number of carboxylic acids is 1. The maximum atomic E-state index is 10.4. The normalized spacial score (nSPS) is 12.2. The zero-order valence-electron chi connectivity index (χ0n) is 11.2. The maximum Gasteiger partial charge on any atom is 0.303 e. The average Bonchev–Trinajstić information content (AvgIpc) is 2.27. The molecule has 0 bridgehead atoms. The van der Waals surface area contributed by atoms with Crippen molar-refractivity contribution in [2.75, 3.05) is 5.32 Å². The van der Waals surface area contributed by atoms with Crippen molar-refractivity contribution in [1.29, 1.82) is 0 Å². The summed E-state index contributed by atoms with van der Waals surface area (Å²) in [6.45, 7) is 5.96. The summed E-state index contributed by atoms with van der Waals surface area (Å²) >= 11 is 0. The zero-order chi connectivity index (χ0) is 13.5. The monoisotopic (exact) mass is 251 g/mol. The van der Waals surface area contributed by atoms with Gasteiger partial charge in [-0.15, -0.1) is 0 Å². The number of aryl methyl sites for hydroxylation is 2. The van der Waals surface area contributed by atoms with E-state index < -0.39 is 5.97 Å². The third-order valence-electron chi connectivity index (χ3n) is 2.68. The van der Waals surface area contributed by atoms with Crippen LogP contribution in [-0.4, -0.2) is 27.1 Å². The minimum absolute atomic E-state index is 0.211. The molecule has 0 aliphatic carbocycles. The number of nitrogens with zero attached hydrogens (tertiary/aromatic N) is 2. The molecule has 1 unspecified atom stereocenters. The van der Waals surface area contributed by atoms with Gasteiger partial charge in [0.1, 0.15) is 11.6 Å². The Labute approximate surface area is 108 Å². The lowest BCUT2D eigenvalue weighted by atomic mass is 10.1. The molecule has 1 rings (SSSR count). The van der Waals surface area contributed by atoms with E-state index in [1.165, 1.54) is 0 Å². The van der Waals surface area contributed by atoms with E-state index in [-0.39, 0.29) is 12.5 Å². The molecule has 100 valence electrons. The van der Waals surface area contributed by atoms with Crippen LogP contribution in [0.2, 0.25) is 0 Å². The van der Waals surface area contributed by atoms with Crippen LogP contribution >= 0.6 is 0 Å². The molecule has 0 aromatic carbocycles. The third kappa shape index (κ3) is 5.12. The van der Waals surface area contributed by atoms with Crippen molar-refractivity contribution in [3.63, 3.8) is 0 Å². The molecule has 1 heterocycles. The van der Waals surface area contributed by atoms with E-state index in [1.54, 1.807) is 0 Å². The van der Waals surface area contributed by atoms with Crippen LogP contribution in [0.15, 0.2) is 6.07 Å². The highest BCUT2D eigenvalue weighted by molar-refractivity contribution is 5.66. The van der Waals surface area contributed by atoms with Crippen LogP contribution in [0.5, 0.6) is 0 Å². The van der Waals surface area contributed by atoms with Gasteiger partial charge in [-0.05, 0) is 33.1 Å². The Morgan fingerprint density at radius 2 is 2.22 bits per heavy atom. The predicted octanol–water partition coefficient (Wildman–Crippen LogP) is 2.40. The number of hydrogen-bond acceptors (Lipinski definition) is 4. The summed E-state index contributed by atoms with van der Waals surface area (Å²) in [6.07, 6.45) is 2.59. The number of anilines is 1. The molecule has 0 amide bonds. The standard InChI is InChI=1S/C13H21N3O2/c1-4-11-8-12(16-10(3)15-11)14-9(2)6-5-7-13(17)18/h8-9H,4-7H2,1-3H3,(H,17,18)(H,14,15,16). The van der Waals surface area contributed by atoms with Crippen LogP contribution in [0.25, 0.3) is 0 Å². The van der Waals surface area contributed by atoms with E-state index in [2.05, 4.69) is 22.2 Å². The van der Waals surface area contributed by atoms with Gasteiger partial charge in [0, 0.05) is 24.2 Å². The van der Waals surface area contributed by atoms with Crippen molar-refractivity contribution in [2.24, 2.45) is 0 Å². The summed E-state index contributed by atoms with van der Waals surface area (Å²) in [6, 6.07) is 2.16. The second kappa shape index (κ2) is 6.93. The largest absolute Gasteiger partial charge is 0.481 e. The van der Waals surface area contributed by atoms with E-state index in [0.717, 1.165) is 30.2 Å². The molecular weight excluding hydrogens is 230 g/mol. The van der Waals surface area contributed by atoms with Gasteiger partial charge >= 0.3 is 5.97 Å². The van der Waals surface area contributed by atoms with Gasteiger partial charge in [0.25, 0.3) is 0 Å². The topological polar surface area (TPSA) is 75.1 Å². The Morgan fingerprint density at radius 1 is 1.50 bits per heavy atom. The van der Waals surface area contributed by atoms with Crippen LogP contribution in [0.1, 0.15) is 44.6 Å². The van der Waals surface area contributed by atoms with Gasteiger partial charge in [0.15, 0.2) is 0 Å². The Balaban J connectivity index is 2.50. The number of aliphatic carboxylic acids is 1. The Bertz CT molecular complexity index is 407. The number of hydrogen-bond donors (Lipinski definition) is 2. The van der Waals surface area contributed by atoms with E-state index >= 15 is 0 Å². The summed E-state index contributed by atoms with van der Waals surface area (Å²) in [5.74, 6) is 0.838. The molecule has 0 fully saturated rings. The molecule has 0 aliphatic heterocycles. The summed E-state index contributed by atoms with van der Waals surface area (Å²) in [5, 5.41) is 11.9. The molecule has 0 spiro atoms. The Morgan fingerprint density at radius 3 is 2.83 bits per heavy atom. The quantitative estimate of drug-likeness (QED) is 0.778. The minimum atomic E-state index is -0.742. The number of carboxylic acid groups (broad SMARTS) is 1. The fraction of sp³-hybridized carbons (Fsp3) is 0.615. The Hall–Kier alpha value is -1.65. The van der Waals surface area contributed by atoms with E-state index in [0.29, 0.717) is 6.42 Å². The first-order chi connectivity index (χ1) is 8.51. The molecule has 0 aliphatic rings. The second-order valence-electron chi connectivity index (χ2n) is 4.48. The van der Waals surface area contributed by atoms with Gasteiger partial charge in [-0.2, -0.15) is 0 Å². The molecule has 0 saturated heterocycles. The summed E-state index contributed by atoms with van der Waals surface area (Å²) < 4.78 is 0. The molecule has 0 saturated carbocycles. The number of rotatable bonds is 7. The molecule has 1 aromatic rings. The van der Waals surface area contributed by atoms with Gasteiger partial charge in [-0.3, -0.25) is 4.79 Å². The molecule has 0 radical (unpaired) electrons. The smallest absolute Gasteiger partial charge is 0.303 e. The van der Waals surface area contributed by atoms with Gasteiger partial charge in [-0.25, -0.2) is 9.97 Å². The van der Waals surface area contributed by atoms with Crippen LogP contribution < -0.4 is 5.32 Å². The Kier molecular flexibility index (Phi) is 5.55. The van der Waals surface area contributed by atoms with E-state index in [1.807, 2.05) is 19.9 Å². The first-order valence-electron chi connectivity index (χ1n) is 6.34. The second-order valence-corrected chi connectivity index (χ2v) is 4.48. The van der Waals surface area contributed by atoms with Crippen LogP contribution in [0.4, 0.5) is 5.82 Å². The predicted molar refractivity (Wildman–Crippen MR) is 70.7 cm³/mol. The fourth-order valence-electron chi connectivity index (χ4n) is 1.77. The first kappa shape index (κ1) is 14.4. The minimum Gasteiger partial charge on any atom is -0.481 e. The van der Waals surface area contributed by atoms with Crippen molar-refractivity contribution in [1.82, 2.24) is 9.97 Å². The molecule has 2 N–H and O–H groups in total. The average molecular weight is 251 g/mol. The molecule has 5 heteroatoms. The van der Waals surface area contributed by atoms with Crippen molar-refractivity contribution >= 4 is 11.8 Å². The van der Waals surface area contributed by atoms with Crippen molar-refractivity contribution in [3.05, 3.63) is 17.6 Å². The highest BCUT2D eigenvalue weighted by atomic mass is 16.4. The van der Waals surface area contributed by atoms with E-state index in [4.69, 9.17) is 5.11 Å². The lowest BCUT2D eigenvalue weighted by Crippen LogP contribution is -2.17. The van der Waals surface area contributed by atoms with Gasteiger partial charge < -0.3 is 10.4 Å². The highest BCUT2D eigenvalue weighted by Gasteiger charge is 2.06. The summed E-state index contributed by atoms with van der Waals surface area (Å²) in [4.78, 5) is 19.1. The summed E-state index contributed by atoms with van der Waals surface area (Å²) in [5.41, 5.74) is 1.02. The highest BCUT2D eigenvalue weighted by Crippen LogP contribution is 2.11. The number of carbonyl (C=O) groups is 1. The van der Waals surface area contributed by atoms with Crippen LogP contribution in [-0.2, 0) is 11.2 Å². The molecular formula is C13H21N3O2. The van der Waals surface area contributed by atoms with Crippen molar-refractivity contribution in [2.45, 2.75) is 52.5 Å². The van der Waals surface area contributed by atoms with Crippen molar-refractivity contribution in [3.8, 4) is 0 Å². The van der Waals surface area contributed by atoms with Gasteiger partial charge in [-0.1, -0.05) is 6.92 Å². The maximum absolute atomic E-state index is 10.4. The summed E-state index contributed by atoms with van der Waals surface area (Å²) in [7, 11) is 0. The number of aromatic nitrogens is 2. The van der Waals surface area contributed by atoms with Gasteiger partial charge in [0.2, 0.25) is 0 Å². The molecule has 1 aromatic heterocycles. The first-order valence-corrected chi connectivity index (χ1v) is 6.34. The lowest BCUT2D eigenvalue weighted by Gasteiger charge is -2.14. The van der Waals surface area contributed by atoms with Gasteiger partial charge in [0.05, 0.1) is 0 Å². The number of nitrogens with one attached hydrogen (secondary N) is 1. The van der Waals surface area contributed by atoms with E-state index in [9.17, 15) is 4.79 Å². The molecule has 18 heavy (non-hydrogen) atoms. The lowest BCUT2D eigenvalue weighted by molar-refractivity contribution is -0.137. The van der Waals surface area contributed by atoms with Crippen molar-refractivity contribution < 1.29 is 9.90 Å². The van der Waals surface area contributed by atoms with Crippen LogP contribution in [0, 0.1) is 6.92 Å². The molecule has 1 atom stereocenters. The van der Waals surface area contributed by atoms with Crippen LogP contribution in [0.3, 0.4) is 0 Å². The third-order valence-corrected chi connectivity index (χ3v) is 2.68.